The molecule has 0 fully saturated rings. The molecule has 0 rings (SSSR count). The zero-order valence-electron chi connectivity index (χ0n) is 5.99. The molecule has 0 aromatic heterocycles. The van der Waals surface area contributed by atoms with Gasteiger partial charge >= 0.3 is 0 Å². The number of allylic oxidation sites excluding steroid dienone is 2. The van der Waals surface area contributed by atoms with Gasteiger partial charge in [-0.15, -0.1) is 0 Å². The fourth-order valence-electron chi connectivity index (χ4n) is 0.450. The lowest BCUT2D eigenvalue weighted by atomic mass is 10.3. The maximum absolute atomic E-state index is 9.75. The number of rotatable bonds is 5. The number of unbranched alkanes of at least 4 members (excludes halogenated alkanes) is 1. The van der Waals surface area contributed by atoms with E-state index in [1.807, 2.05) is 0 Å². The lowest BCUT2D eigenvalue weighted by Gasteiger charge is -1.84. The van der Waals surface area contributed by atoms with Crippen LogP contribution >= 0.6 is 0 Å². The minimum atomic E-state index is 0.757. The highest BCUT2D eigenvalue weighted by Crippen LogP contribution is 1.86. The topological polar surface area (TPSA) is 38.7 Å². The summed E-state index contributed by atoms with van der Waals surface area (Å²) in [6, 6.07) is 0. The van der Waals surface area contributed by atoms with E-state index in [2.05, 4.69) is 9.99 Å². The third kappa shape index (κ3) is 6.88. The summed E-state index contributed by atoms with van der Waals surface area (Å²) < 4.78 is 0. The van der Waals surface area contributed by atoms with Gasteiger partial charge in [-0.3, -0.25) is 4.79 Å². The summed E-state index contributed by atoms with van der Waals surface area (Å²) in [6.45, 7) is 0. The quantitative estimate of drug-likeness (QED) is 0.189. The molecule has 0 spiro atoms. The van der Waals surface area contributed by atoms with E-state index < -0.39 is 0 Å². The largest absolute Gasteiger partial charge is 0.399 e. The molecule has 3 heteroatoms. The van der Waals surface area contributed by atoms with Gasteiger partial charge < -0.3 is 4.84 Å². The summed E-state index contributed by atoms with van der Waals surface area (Å²) in [5.74, 6) is 0. The Hall–Kier alpha value is -1.12. The fraction of sp³-hybridized carbons (Fsp3) is 0.429. The van der Waals surface area contributed by atoms with Crippen LogP contribution in [-0.4, -0.2) is 19.6 Å². The Morgan fingerprint density at radius 1 is 1.50 bits per heavy atom. The van der Waals surface area contributed by atoms with Crippen LogP contribution in [0.3, 0.4) is 0 Å². The zero-order valence-corrected chi connectivity index (χ0v) is 5.99. The molecule has 0 aliphatic rings. The average molecular weight is 141 g/mol. The predicted octanol–water partition coefficient (Wildman–Crippen LogP) is 1.15. The highest BCUT2D eigenvalue weighted by Gasteiger charge is 1.75. The first-order valence-corrected chi connectivity index (χ1v) is 3.07. The van der Waals surface area contributed by atoms with Crippen molar-refractivity contribution in [2.24, 2.45) is 5.16 Å². The Labute approximate surface area is 60.4 Å². The number of carbonyl (C=O) groups is 1. The molecule has 0 heterocycles. The van der Waals surface area contributed by atoms with Crippen LogP contribution in [0, 0.1) is 0 Å². The maximum atomic E-state index is 9.75. The first-order valence-electron chi connectivity index (χ1n) is 3.07. The van der Waals surface area contributed by atoms with Gasteiger partial charge in [-0.05, 0) is 18.9 Å². The van der Waals surface area contributed by atoms with E-state index >= 15 is 0 Å². The van der Waals surface area contributed by atoms with E-state index in [9.17, 15) is 4.79 Å². The molecule has 0 bridgehead atoms. The van der Waals surface area contributed by atoms with Crippen molar-refractivity contribution >= 4 is 12.5 Å². The van der Waals surface area contributed by atoms with Gasteiger partial charge in [0.25, 0.3) is 0 Å². The highest BCUT2D eigenvalue weighted by molar-refractivity contribution is 5.64. The lowest BCUT2D eigenvalue weighted by molar-refractivity contribution is -0.104. The minimum Gasteiger partial charge on any atom is -0.399 e. The van der Waals surface area contributed by atoms with E-state index in [0.717, 1.165) is 19.1 Å². The Morgan fingerprint density at radius 3 is 2.90 bits per heavy atom. The van der Waals surface area contributed by atoms with Crippen LogP contribution in [0.15, 0.2) is 17.3 Å². The normalized spacial score (nSPS) is 10.9. The summed E-state index contributed by atoms with van der Waals surface area (Å²) in [5, 5.41) is 3.52. The molecule has 0 aliphatic heterocycles. The molecule has 0 amide bonds. The monoisotopic (exact) mass is 141 g/mol. The van der Waals surface area contributed by atoms with E-state index in [4.69, 9.17) is 0 Å². The Balaban J connectivity index is 3.11. The minimum absolute atomic E-state index is 0.757. The smallest absolute Gasteiger partial charge is 0.142 e. The molecule has 0 saturated carbocycles. The summed E-state index contributed by atoms with van der Waals surface area (Å²) in [6.07, 6.45) is 7.31. The molecular weight excluding hydrogens is 130 g/mol. The van der Waals surface area contributed by atoms with Gasteiger partial charge in [0.05, 0.1) is 0 Å². The molecule has 56 valence electrons. The van der Waals surface area contributed by atoms with E-state index in [1.54, 1.807) is 12.3 Å². The number of aldehydes is 1. The van der Waals surface area contributed by atoms with Gasteiger partial charge in [0, 0.05) is 6.21 Å². The van der Waals surface area contributed by atoms with Crippen LogP contribution in [0.5, 0.6) is 0 Å². The first kappa shape index (κ1) is 8.88. The van der Waals surface area contributed by atoms with Crippen molar-refractivity contribution in [2.45, 2.75) is 12.8 Å². The van der Waals surface area contributed by atoms with Crippen LogP contribution in [0.25, 0.3) is 0 Å². The van der Waals surface area contributed by atoms with Crippen molar-refractivity contribution in [3.05, 3.63) is 12.2 Å². The molecule has 0 atom stereocenters. The number of hydrogen-bond acceptors (Lipinski definition) is 3. The second kappa shape index (κ2) is 7.88. The number of oxime groups is 1. The second-order valence-corrected chi connectivity index (χ2v) is 1.61. The van der Waals surface area contributed by atoms with Crippen LogP contribution in [0.4, 0.5) is 0 Å². The summed E-state index contributed by atoms with van der Waals surface area (Å²) in [4.78, 5) is 14.2. The van der Waals surface area contributed by atoms with Crippen LogP contribution < -0.4 is 0 Å². The molecule has 0 N–H and O–H groups in total. The van der Waals surface area contributed by atoms with Crippen molar-refractivity contribution in [3.8, 4) is 0 Å². The number of hydrogen-bond donors (Lipinski definition) is 0. The van der Waals surface area contributed by atoms with Crippen molar-refractivity contribution in [1.82, 2.24) is 0 Å². The Morgan fingerprint density at radius 2 is 2.30 bits per heavy atom. The lowest BCUT2D eigenvalue weighted by Crippen LogP contribution is -1.75. The zero-order chi connectivity index (χ0) is 7.66. The molecule has 0 aromatic carbocycles. The van der Waals surface area contributed by atoms with Gasteiger partial charge in [0.15, 0.2) is 0 Å². The van der Waals surface area contributed by atoms with Gasteiger partial charge in [0.1, 0.15) is 13.4 Å². The Kier molecular flexibility index (Phi) is 7.00. The molecule has 0 radical (unpaired) electrons. The van der Waals surface area contributed by atoms with E-state index in [-0.39, 0.29) is 0 Å². The van der Waals surface area contributed by atoms with Gasteiger partial charge in [0.2, 0.25) is 0 Å². The molecule has 0 aromatic rings. The molecule has 3 nitrogen and oxygen atoms in total. The van der Waals surface area contributed by atoms with Crippen LogP contribution in [-0.2, 0) is 9.63 Å². The van der Waals surface area contributed by atoms with E-state index in [1.165, 1.54) is 13.2 Å². The fourth-order valence-corrected chi connectivity index (χ4v) is 0.450. The summed E-state index contributed by atoms with van der Waals surface area (Å²) in [7, 11) is 1.50. The van der Waals surface area contributed by atoms with Crippen molar-refractivity contribution in [2.75, 3.05) is 7.11 Å². The third-order valence-corrected chi connectivity index (χ3v) is 0.857. The predicted molar refractivity (Wildman–Crippen MR) is 39.9 cm³/mol. The van der Waals surface area contributed by atoms with Crippen molar-refractivity contribution < 1.29 is 9.63 Å². The third-order valence-electron chi connectivity index (χ3n) is 0.857. The number of carbonyl (C=O) groups excluding carboxylic acids is 1. The Bertz CT molecular complexity index is 130. The van der Waals surface area contributed by atoms with Crippen molar-refractivity contribution in [1.29, 1.82) is 0 Å². The standard InChI is InChI=1S/C7H11NO2/c1-10-8-6-4-2-3-5-7-9/h3,5-7H,2,4H2,1H3. The SMILES string of the molecule is CON=CCCC=CC=O. The van der Waals surface area contributed by atoms with E-state index in [0.29, 0.717) is 0 Å². The van der Waals surface area contributed by atoms with Gasteiger partial charge in [-0.2, -0.15) is 0 Å². The maximum Gasteiger partial charge on any atom is 0.142 e. The second-order valence-electron chi connectivity index (χ2n) is 1.61. The van der Waals surface area contributed by atoms with Gasteiger partial charge in [-0.1, -0.05) is 11.2 Å². The summed E-state index contributed by atoms with van der Waals surface area (Å²) in [5.41, 5.74) is 0. The molecule has 0 saturated heterocycles. The van der Waals surface area contributed by atoms with Gasteiger partial charge in [-0.25, -0.2) is 0 Å². The van der Waals surface area contributed by atoms with Crippen molar-refractivity contribution in [3.63, 3.8) is 0 Å². The highest BCUT2D eigenvalue weighted by atomic mass is 16.6. The first-order chi connectivity index (χ1) is 4.91. The molecular formula is C7H11NO2. The van der Waals surface area contributed by atoms with Crippen LogP contribution in [0.1, 0.15) is 12.8 Å². The van der Waals surface area contributed by atoms with Crippen LogP contribution in [0.2, 0.25) is 0 Å². The average Bonchev–Trinajstić information content (AvgIpc) is 1.97. The molecule has 0 aliphatic carbocycles. The summed E-state index contributed by atoms with van der Waals surface area (Å²) >= 11 is 0. The molecule has 10 heavy (non-hydrogen) atoms. The number of nitrogens with zero attached hydrogens (tertiary/aromatic N) is 1. The molecule has 0 unspecified atom stereocenters.